The van der Waals surface area contributed by atoms with Gasteiger partial charge in [0.25, 0.3) is 11.8 Å². The number of hydrogen-bond acceptors (Lipinski definition) is 8. The fourth-order valence-electron chi connectivity index (χ4n) is 5.79. The van der Waals surface area contributed by atoms with E-state index < -0.39 is 11.7 Å². The van der Waals surface area contributed by atoms with Crippen LogP contribution in [-0.2, 0) is 16.1 Å². The van der Waals surface area contributed by atoms with Gasteiger partial charge in [-0.2, -0.15) is 5.26 Å². The molecule has 4 bridgehead atoms. The summed E-state index contributed by atoms with van der Waals surface area (Å²) in [6, 6.07) is 14.6. The van der Waals surface area contributed by atoms with Crippen molar-refractivity contribution < 1.29 is 37.7 Å². The number of carbonyl (C=O) groups is 3. The van der Waals surface area contributed by atoms with Crippen LogP contribution in [0.25, 0.3) is 11.1 Å². The maximum atomic E-state index is 14.8. The van der Waals surface area contributed by atoms with Crippen molar-refractivity contribution in [1.82, 2.24) is 15.1 Å². The van der Waals surface area contributed by atoms with Gasteiger partial charge in [0.2, 0.25) is 5.91 Å². The Morgan fingerprint density at radius 3 is 2.56 bits per heavy atom. The topological polar surface area (TPSA) is 130 Å². The van der Waals surface area contributed by atoms with Crippen molar-refractivity contribution in [3.8, 4) is 34.4 Å². The number of nitrogens with one attached hydrogen (secondary N) is 1. The molecule has 252 valence electrons. The van der Waals surface area contributed by atoms with Crippen LogP contribution in [0, 0.1) is 17.1 Å². The summed E-state index contributed by atoms with van der Waals surface area (Å²) in [5, 5.41) is 12.1. The third kappa shape index (κ3) is 8.04. The number of nitrogens with zero attached hydrogens (tertiary/aromatic N) is 3. The van der Waals surface area contributed by atoms with Gasteiger partial charge < -0.3 is 34.1 Å². The van der Waals surface area contributed by atoms with Crippen LogP contribution in [0.1, 0.15) is 57.5 Å². The fraction of sp³-hybridized carbons (Fsp3) is 0.389. The Balaban J connectivity index is 1.49. The first-order chi connectivity index (χ1) is 23.3. The minimum atomic E-state index is -0.755. The zero-order valence-corrected chi connectivity index (χ0v) is 27.2. The van der Waals surface area contributed by atoms with E-state index in [1.165, 1.54) is 12.1 Å². The van der Waals surface area contributed by atoms with Gasteiger partial charge in [0.15, 0.2) is 11.5 Å². The first-order valence-electron chi connectivity index (χ1n) is 16.0. The highest BCUT2D eigenvalue weighted by Crippen LogP contribution is 2.41. The quantitative estimate of drug-likeness (QED) is 0.422. The van der Waals surface area contributed by atoms with Crippen molar-refractivity contribution in [2.75, 3.05) is 60.2 Å². The smallest absolute Gasteiger partial charge is 0.256 e. The van der Waals surface area contributed by atoms with Crippen molar-refractivity contribution in [2.45, 2.75) is 32.2 Å². The van der Waals surface area contributed by atoms with Crippen LogP contribution in [0.5, 0.6) is 17.2 Å². The van der Waals surface area contributed by atoms with Gasteiger partial charge in [0.05, 0.1) is 50.5 Å². The maximum absolute atomic E-state index is 14.8. The van der Waals surface area contributed by atoms with E-state index in [1.807, 2.05) is 18.2 Å². The molecule has 11 nitrogen and oxygen atoms in total. The summed E-state index contributed by atoms with van der Waals surface area (Å²) >= 11 is 0. The number of halogens is 1. The molecule has 0 radical (unpaired) electrons. The number of methoxy groups -OCH3 is 2. The Morgan fingerprint density at radius 2 is 1.79 bits per heavy atom. The van der Waals surface area contributed by atoms with Crippen LogP contribution in [0.2, 0.25) is 0 Å². The Bertz CT molecular complexity index is 1710. The van der Waals surface area contributed by atoms with Crippen LogP contribution in [0.15, 0.2) is 48.5 Å². The fourth-order valence-corrected chi connectivity index (χ4v) is 5.79. The number of amides is 3. The molecular weight excluding hydrogens is 619 g/mol. The molecule has 2 aliphatic heterocycles. The second kappa shape index (κ2) is 16.1. The van der Waals surface area contributed by atoms with Gasteiger partial charge in [-0.1, -0.05) is 0 Å². The summed E-state index contributed by atoms with van der Waals surface area (Å²) in [4.78, 5) is 42.9. The molecular formula is C36H39FN4O7. The molecule has 0 unspecified atom stereocenters. The molecule has 0 atom stereocenters. The van der Waals surface area contributed by atoms with E-state index in [9.17, 15) is 18.8 Å². The van der Waals surface area contributed by atoms with Gasteiger partial charge in [-0.05, 0) is 73.4 Å². The number of benzene rings is 3. The van der Waals surface area contributed by atoms with Crippen LogP contribution in [0.3, 0.4) is 0 Å². The predicted molar refractivity (Wildman–Crippen MR) is 175 cm³/mol. The lowest BCUT2D eigenvalue weighted by molar-refractivity contribution is -0.132. The summed E-state index contributed by atoms with van der Waals surface area (Å²) in [6.07, 6.45) is 1.83. The highest BCUT2D eigenvalue weighted by Gasteiger charge is 2.25. The van der Waals surface area contributed by atoms with E-state index in [2.05, 4.69) is 5.32 Å². The number of rotatable bonds is 5. The lowest BCUT2D eigenvalue weighted by Gasteiger charge is -2.24. The molecule has 0 spiro atoms. The third-order valence-electron chi connectivity index (χ3n) is 8.33. The van der Waals surface area contributed by atoms with E-state index >= 15 is 0 Å². The SMILES string of the molecule is COCCC(=O)N1CCOc2c(cc3cc2OCCCN(C(=O)c2ccc(C#N)cc2F)CCCCNC(=O)c2ccc(OC)c-3c2)C1. The molecule has 3 amide bonds. The minimum Gasteiger partial charge on any atom is -0.496 e. The summed E-state index contributed by atoms with van der Waals surface area (Å²) < 4.78 is 38.1. The average molecular weight is 659 g/mol. The van der Waals surface area contributed by atoms with Crippen LogP contribution in [0.4, 0.5) is 4.39 Å². The van der Waals surface area contributed by atoms with Gasteiger partial charge in [-0.15, -0.1) is 0 Å². The van der Waals surface area contributed by atoms with E-state index in [0.717, 1.165) is 11.6 Å². The zero-order valence-electron chi connectivity index (χ0n) is 27.2. The minimum absolute atomic E-state index is 0.0635. The van der Waals surface area contributed by atoms with Gasteiger partial charge >= 0.3 is 0 Å². The lowest BCUT2D eigenvalue weighted by atomic mass is 9.98. The Hall–Kier alpha value is -5.15. The largest absolute Gasteiger partial charge is 0.496 e. The van der Waals surface area contributed by atoms with Gasteiger partial charge in [-0.25, -0.2) is 4.39 Å². The molecule has 0 fully saturated rings. The van der Waals surface area contributed by atoms with Crippen molar-refractivity contribution >= 4 is 17.7 Å². The molecule has 0 aromatic heterocycles. The molecule has 3 aromatic rings. The zero-order chi connectivity index (χ0) is 34.0. The second-order valence-electron chi connectivity index (χ2n) is 11.5. The summed E-state index contributed by atoms with van der Waals surface area (Å²) in [7, 11) is 3.11. The Labute approximate surface area is 279 Å². The number of fused-ring (bicyclic) bond motifs is 7. The molecule has 0 aliphatic carbocycles. The summed E-state index contributed by atoms with van der Waals surface area (Å²) in [6.45, 7) is 2.44. The molecule has 2 aliphatic rings. The summed E-state index contributed by atoms with van der Waals surface area (Å²) in [5.41, 5.74) is 2.57. The molecule has 1 N–H and O–H groups in total. The number of ether oxygens (including phenoxy) is 4. The molecule has 0 saturated heterocycles. The predicted octanol–water partition coefficient (Wildman–Crippen LogP) is 4.57. The Morgan fingerprint density at radius 1 is 0.958 bits per heavy atom. The van der Waals surface area contributed by atoms with E-state index in [-0.39, 0.29) is 55.7 Å². The van der Waals surface area contributed by atoms with Crippen molar-refractivity contribution in [1.29, 1.82) is 5.26 Å². The molecule has 12 heteroatoms. The van der Waals surface area contributed by atoms with Crippen molar-refractivity contribution in [3.05, 3.63) is 76.6 Å². The van der Waals surface area contributed by atoms with Gasteiger partial charge in [0.1, 0.15) is 18.2 Å². The first kappa shape index (κ1) is 34.2. The average Bonchev–Trinajstić information content (AvgIpc) is 3.33. The molecule has 3 aromatic carbocycles. The van der Waals surface area contributed by atoms with E-state index in [1.54, 1.807) is 42.2 Å². The summed E-state index contributed by atoms with van der Waals surface area (Å²) in [5.74, 6) is -0.0482. The number of nitriles is 1. The van der Waals surface area contributed by atoms with E-state index in [4.69, 9.17) is 24.2 Å². The van der Waals surface area contributed by atoms with Crippen LogP contribution >= 0.6 is 0 Å². The van der Waals surface area contributed by atoms with Crippen LogP contribution < -0.4 is 19.5 Å². The van der Waals surface area contributed by atoms with Crippen molar-refractivity contribution in [3.63, 3.8) is 0 Å². The van der Waals surface area contributed by atoms with Crippen molar-refractivity contribution in [2.24, 2.45) is 0 Å². The molecule has 2 heterocycles. The second-order valence-corrected chi connectivity index (χ2v) is 11.5. The monoisotopic (exact) mass is 658 g/mol. The molecule has 48 heavy (non-hydrogen) atoms. The highest BCUT2D eigenvalue weighted by molar-refractivity contribution is 5.96. The third-order valence-corrected chi connectivity index (χ3v) is 8.33. The van der Waals surface area contributed by atoms with Gasteiger partial charge in [-0.3, -0.25) is 14.4 Å². The van der Waals surface area contributed by atoms with Gasteiger partial charge in [0, 0.05) is 50.0 Å². The molecule has 5 rings (SSSR count). The first-order valence-corrected chi connectivity index (χ1v) is 16.0. The number of carbonyl (C=O) groups excluding carboxylic acids is 3. The van der Waals surface area contributed by atoms with Crippen LogP contribution in [-0.4, -0.2) is 87.7 Å². The Kier molecular flexibility index (Phi) is 11.5. The maximum Gasteiger partial charge on any atom is 0.256 e. The standard InChI is InChI=1S/C36H39FN4O7/c1-45-16-10-33(42)41-14-17-48-34-27(23-41)19-26-21-32(34)47-15-5-13-40(36(44)28-8-6-24(22-38)18-30(28)37)12-4-3-11-39-35(43)25-7-9-31(46-2)29(26)20-25/h6-9,18-21H,3-5,10-17,23H2,1-2H3,(H,39,43). The number of hydrogen-bond donors (Lipinski definition) is 1. The van der Waals surface area contributed by atoms with E-state index in [0.29, 0.717) is 79.4 Å². The highest BCUT2D eigenvalue weighted by atomic mass is 19.1. The lowest BCUT2D eigenvalue weighted by Crippen LogP contribution is -2.34. The molecule has 0 saturated carbocycles. The normalized spacial score (nSPS) is 15.4.